The predicted molar refractivity (Wildman–Crippen MR) is 80.2 cm³/mol. The van der Waals surface area contributed by atoms with Crippen molar-refractivity contribution in [2.45, 2.75) is 31.6 Å². The topological polar surface area (TPSA) is 81.9 Å². The molecule has 2 rings (SSSR count). The number of hydrogen-bond donors (Lipinski definition) is 0. The number of sulfonamides is 1. The van der Waals surface area contributed by atoms with Crippen molar-refractivity contribution >= 4 is 10.0 Å². The Morgan fingerprint density at radius 3 is 2.50 bits per heavy atom. The van der Waals surface area contributed by atoms with Crippen molar-refractivity contribution < 1.29 is 22.4 Å². The van der Waals surface area contributed by atoms with Crippen molar-refractivity contribution in [3.05, 3.63) is 11.5 Å². The van der Waals surface area contributed by atoms with E-state index >= 15 is 0 Å². The van der Waals surface area contributed by atoms with E-state index in [0.717, 1.165) is 12.8 Å². The number of hydrogen-bond acceptors (Lipinski definition) is 6. The van der Waals surface area contributed by atoms with Crippen LogP contribution in [-0.2, 0) is 19.5 Å². The van der Waals surface area contributed by atoms with Gasteiger partial charge in [-0.05, 0) is 32.6 Å². The monoisotopic (exact) mass is 332 g/mol. The summed E-state index contributed by atoms with van der Waals surface area (Å²) in [7, 11) is -1.88. The summed E-state index contributed by atoms with van der Waals surface area (Å²) in [5.74, 6) is 0.746. The van der Waals surface area contributed by atoms with Crippen LogP contribution < -0.4 is 0 Å². The van der Waals surface area contributed by atoms with E-state index in [1.165, 1.54) is 4.31 Å². The lowest BCUT2D eigenvalue weighted by Crippen LogP contribution is -2.39. The van der Waals surface area contributed by atoms with Gasteiger partial charge in [-0.15, -0.1) is 0 Å². The zero-order valence-electron chi connectivity index (χ0n) is 13.4. The molecular weight excluding hydrogens is 308 g/mol. The van der Waals surface area contributed by atoms with Gasteiger partial charge in [0.25, 0.3) is 0 Å². The van der Waals surface area contributed by atoms with Gasteiger partial charge in [0.05, 0.1) is 13.2 Å². The van der Waals surface area contributed by atoms with Gasteiger partial charge in [-0.25, -0.2) is 8.42 Å². The zero-order chi connectivity index (χ0) is 16.2. The van der Waals surface area contributed by atoms with E-state index in [2.05, 4.69) is 5.16 Å². The average molecular weight is 332 g/mol. The summed E-state index contributed by atoms with van der Waals surface area (Å²) >= 11 is 0. The fourth-order valence-electron chi connectivity index (χ4n) is 2.68. The highest BCUT2D eigenvalue weighted by Crippen LogP contribution is 2.27. The maximum atomic E-state index is 12.7. The molecule has 0 unspecified atom stereocenters. The lowest BCUT2D eigenvalue weighted by molar-refractivity contribution is 0.0410. The van der Waals surface area contributed by atoms with Gasteiger partial charge < -0.3 is 14.0 Å². The minimum absolute atomic E-state index is 0.210. The summed E-state index contributed by atoms with van der Waals surface area (Å²) in [5, 5.41) is 3.74. The zero-order valence-corrected chi connectivity index (χ0v) is 14.2. The summed E-state index contributed by atoms with van der Waals surface area (Å²) < 4.78 is 42.3. The molecule has 22 heavy (non-hydrogen) atoms. The highest BCUT2D eigenvalue weighted by molar-refractivity contribution is 7.89. The van der Waals surface area contributed by atoms with Crippen LogP contribution in [0, 0.1) is 19.8 Å². The fraction of sp³-hybridized carbons (Fsp3) is 0.786. The fourth-order valence-corrected chi connectivity index (χ4v) is 4.44. The Morgan fingerprint density at radius 1 is 1.27 bits per heavy atom. The molecule has 7 nitrogen and oxygen atoms in total. The largest absolute Gasteiger partial charge is 0.382 e. The van der Waals surface area contributed by atoms with Crippen LogP contribution in [0.15, 0.2) is 9.42 Å². The molecule has 1 aromatic heterocycles. The molecule has 0 radical (unpaired) electrons. The van der Waals surface area contributed by atoms with Crippen molar-refractivity contribution in [3.63, 3.8) is 0 Å². The van der Waals surface area contributed by atoms with E-state index in [0.29, 0.717) is 50.3 Å². The van der Waals surface area contributed by atoms with Crippen LogP contribution in [0.1, 0.15) is 24.3 Å². The highest BCUT2D eigenvalue weighted by Gasteiger charge is 2.33. The van der Waals surface area contributed by atoms with Gasteiger partial charge in [0.2, 0.25) is 10.0 Å². The van der Waals surface area contributed by atoms with Crippen LogP contribution in [0.2, 0.25) is 0 Å². The molecule has 0 aromatic carbocycles. The Balaban J connectivity index is 1.91. The van der Waals surface area contributed by atoms with Crippen LogP contribution in [0.4, 0.5) is 0 Å². The number of aromatic nitrogens is 1. The second kappa shape index (κ2) is 7.54. The quantitative estimate of drug-likeness (QED) is 0.701. The molecule has 126 valence electrons. The van der Waals surface area contributed by atoms with E-state index in [9.17, 15) is 8.42 Å². The highest BCUT2D eigenvalue weighted by atomic mass is 32.2. The predicted octanol–water partition coefficient (Wildman–Crippen LogP) is 1.36. The third-order valence-corrected chi connectivity index (χ3v) is 6.07. The third kappa shape index (κ3) is 3.87. The maximum Gasteiger partial charge on any atom is 0.248 e. The maximum absolute atomic E-state index is 12.7. The van der Waals surface area contributed by atoms with Gasteiger partial charge in [-0.2, -0.15) is 4.31 Å². The molecule has 0 aliphatic carbocycles. The molecule has 0 saturated carbocycles. The second-order valence-electron chi connectivity index (χ2n) is 5.57. The minimum atomic E-state index is -3.52. The van der Waals surface area contributed by atoms with Gasteiger partial charge in [0.15, 0.2) is 5.76 Å². The first-order valence-corrected chi connectivity index (χ1v) is 8.90. The summed E-state index contributed by atoms with van der Waals surface area (Å²) in [5.41, 5.74) is 0.419. The molecule has 1 fully saturated rings. The molecule has 0 N–H and O–H groups in total. The first kappa shape index (κ1) is 17.4. The SMILES string of the molecule is COCCOCC1CCN(S(=O)(=O)c2c(C)noc2C)CC1. The molecule has 8 heteroatoms. The number of piperidine rings is 1. The molecule has 1 aliphatic heterocycles. The van der Waals surface area contributed by atoms with Crippen molar-refractivity contribution in [2.24, 2.45) is 5.92 Å². The van der Waals surface area contributed by atoms with Crippen LogP contribution in [0.5, 0.6) is 0 Å². The summed E-state index contributed by atoms with van der Waals surface area (Å²) in [6, 6.07) is 0. The molecule has 1 saturated heterocycles. The Labute approximate surface area is 131 Å². The number of rotatable bonds is 7. The first-order valence-electron chi connectivity index (χ1n) is 7.46. The Kier molecular flexibility index (Phi) is 5.96. The second-order valence-corrected chi connectivity index (χ2v) is 7.44. The molecule has 1 aliphatic rings. The number of ether oxygens (including phenoxy) is 2. The van der Waals surface area contributed by atoms with E-state index in [4.69, 9.17) is 14.0 Å². The molecule has 0 atom stereocenters. The van der Waals surface area contributed by atoms with Gasteiger partial charge in [-0.3, -0.25) is 0 Å². The third-order valence-electron chi connectivity index (χ3n) is 3.92. The van der Waals surface area contributed by atoms with Crippen molar-refractivity contribution in [3.8, 4) is 0 Å². The number of nitrogens with zero attached hydrogens (tertiary/aromatic N) is 2. The number of aryl methyl sites for hydroxylation is 2. The standard InChI is InChI=1S/C14H24N2O5S/c1-11-14(12(2)21-15-11)22(17,18)16-6-4-13(5-7-16)10-20-9-8-19-3/h13H,4-10H2,1-3H3. The van der Waals surface area contributed by atoms with Gasteiger partial charge >= 0.3 is 0 Å². The van der Waals surface area contributed by atoms with Crippen LogP contribution in [0.3, 0.4) is 0 Å². The van der Waals surface area contributed by atoms with Crippen LogP contribution >= 0.6 is 0 Å². The molecule has 0 spiro atoms. The van der Waals surface area contributed by atoms with E-state index in [1.54, 1.807) is 21.0 Å². The summed E-state index contributed by atoms with van der Waals surface area (Å²) in [6.07, 6.45) is 1.60. The molecule has 1 aromatic rings. The van der Waals surface area contributed by atoms with E-state index in [-0.39, 0.29) is 4.90 Å². The van der Waals surface area contributed by atoms with E-state index < -0.39 is 10.0 Å². The molecule has 2 heterocycles. The number of methoxy groups -OCH3 is 1. The first-order chi connectivity index (χ1) is 10.5. The van der Waals surface area contributed by atoms with Crippen molar-refractivity contribution in [2.75, 3.05) is 40.0 Å². The lowest BCUT2D eigenvalue weighted by atomic mass is 9.99. The Hall–Kier alpha value is -0.960. The Morgan fingerprint density at radius 2 is 1.95 bits per heavy atom. The molecular formula is C14H24N2O5S. The van der Waals surface area contributed by atoms with E-state index in [1.807, 2.05) is 0 Å². The van der Waals surface area contributed by atoms with Crippen molar-refractivity contribution in [1.82, 2.24) is 9.46 Å². The van der Waals surface area contributed by atoms with Gasteiger partial charge in [0, 0.05) is 26.8 Å². The average Bonchev–Trinajstić information content (AvgIpc) is 2.84. The minimum Gasteiger partial charge on any atom is -0.382 e. The molecule has 0 bridgehead atoms. The lowest BCUT2D eigenvalue weighted by Gasteiger charge is -2.30. The van der Waals surface area contributed by atoms with Gasteiger partial charge in [0.1, 0.15) is 10.6 Å². The summed E-state index contributed by atoms with van der Waals surface area (Å²) in [4.78, 5) is 0.210. The summed E-state index contributed by atoms with van der Waals surface area (Å²) in [6.45, 7) is 6.11. The smallest absolute Gasteiger partial charge is 0.248 e. The van der Waals surface area contributed by atoms with Crippen molar-refractivity contribution in [1.29, 1.82) is 0 Å². The van der Waals surface area contributed by atoms with Crippen LogP contribution in [0.25, 0.3) is 0 Å². The van der Waals surface area contributed by atoms with Gasteiger partial charge in [-0.1, -0.05) is 5.16 Å². The van der Waals surface area contributed by atoms with Crippen LogP contribution in [-0.4, -0.2) is 57.9 Å². The Bertz CT molecular complexity index is 557. The normalized spacial score (nSPS) is 18.0. The molecule has 0 amide bonds.